The molecule has 0 radical (unpaired) electrons. The highest BCUT2D eigenvalue weighted by molar-refractivity contribution is 7.88. The number of nitrogens with one attached hydrogen (secondary N) is 1. The SMILES string of the molecule is C=C(C)/C(=C\C=C/CNS(=O)(=O)N=C(C)N)CC. The Bertz CT molecular complexity index is 470. The fraction of sp³-hybridized carbons (Fsp3) is 0.417. The number of rotatable bonds is 7. The molecule has 0 atom stereocenters. The minimum absolute atomic E-state index is 0.00178. The van der Waals surface area contributed by atoms with Crippen molar-refractivity contribution >= 4 is 16.0 Å². The molecule has 18 heavy (non-hydrogen) atoms. The van der Waals surface area contributed by atoms with Gasteiger partial charge in [0.25, 0.3) is 0 Å². The Labute approximate surface area is 109 Å². The van der Waals surface area contributed by atoms with Gasteiger partial charge in [0.1, 0.15) is 5.84 Å². The van der Waals surface area contributed by atoms with Crippen molar-refractivity contribution in [3.8, 4) is 0 Å². The third kappa shape index (κ3) is 7.81. The van der Waals surface area contributed by atoms with Crippen LogP contribution in [0.25, 0.3) is 0 Å². The second kappa shape index (κ2) is 7.84. The van der Waals surface area contributed by atoms with Crippen LogP contribution in [0.2, 0.25) is 0 Å². The lowest BCUT2D eigenvalue weighted by atomic mass is 10.1. The van der Waals surface area contributed by atoms with Crippen molar-refractivity contribution in [1.82, 2.24) is 4.72 Å². The van der Waals surface area contributed by atoms with Crippen LogP contribution in [0.1, 0.15) is 27.2 Å². The van der Waals surface area contributed by atoms with Gasteiger partial charge >= 0.3 is 10.2 Å². The normalized spacial score (nSPS) is 14.2. The lowest BCUT2D eigenvalue weighted by molar-refractivity contribution is 0.587. The largest absolute Gasteiger partial charge is 0.387 e. The van der Waals surface area contributed by atoms with Crippen LogP contribution < -0.4 is 10.5 Å². The van der Waals surface area contributed by atoms with E-state index >= 15 is 0 Å². The standard InChI is InChI=1S/C12H21N3O2S/c1-5-12(10(2)3)8-6-7-9-14-18(16,17)15-11(4)13/h6-8,14H,2,5,9H2,1,3-4H3,(H2,13,15)/b7-6-,12-8-. The quantitative estimate of drug-likeness (QED) is 0.419. The third-order valence-corrected chi connectivity index (χ3v) is 3.07. The molecule has 0 fully saturated rings. The van der Waals surface area contributed by atoms with E-state index in [0.29, 0.717) is 0 Å². The first-order chi connectivity index (χ1) is 8.28. The molecule has 6 heteroatoms. The zero-order valence-electron chi connectivity index (χ0n) is 11.1. The molecule has 5 nitrogen and oxygen atoms in total. The monoisotopic (exact) mass is 271 g/mol. The van der Waals surface area contributed by atoms with Gasteiger partial charge in [0, 0.05) is 6.54 Å². The van der Waals surface area contributed by atoms with Gasteiger partial charge in [-0.1, -0.05) is 37.3 Å². The highest BCUT2D eigenvalue weighted by atomic mass is 32.2. The number of amidine groups is 1. The van der Waals surface area contributed by atoms with E-state index in [1.165, 1.54) is 6.92 Å². The predicted octanol–water partition coefficient (Wildman–Crippen LogP) is 1.67. The summed E-state index contributed by atoms with van der Waals surface area (Å²) < 4.78 is 28.1. The molecule has 0 aliphatic carbocycles. The molecule has 0 heterocycles. The van der Waals surface area contributed by atoms with Crippen molar-refractivity contribution in [2.75, 3.05) is 6.54 Å². The van der Waals surface area contributed by atoms with Gasteiger partial charge in [-0.15, -0.1) is 4.40 Å². The zero-order chi connectivity index (χ0) is 14.2. The fourth-order valence-corrected chi connectivity index (χ4v) is 1.94. The van der Waals surface area contributed by atoms with Crippen LogP contribution in [0.15, 0.2) is 40.4 Å². The van der Waals surface area contributed by atoms with E-state index in [9.17, 15) is 8.42 Å². The molecule has 102 valence electrons. The molecule has 0 rings (SSSR count). The smallest absolute Gasteiger partial charge is 0.321 e. The molecule has 0 aromatic rings. The maximum atomic E-state index is 11.3. The van der Waals surface area contributed by atoms with Crippen LogP contribution in [0.3, 0.4) is 0 Å². The van der Waals surface area contributed by atoms with Crippen LogP contribution in [-0.2, 0) is 10.2 Å². The molecule has 0 aliphatic heterocycles. The van der Waals surface area contributed by atoms with Gasteiger partial charge in [-0.3, -0.25) is 0 Å². The summed E-state index contributed by atoms with van der Waals surface area (Å²) in [4.78, 5) is 0. The maximum Gasteiger partial charge on any atom is 0.321 e. The second-order valence-electron chi connectivity index (χ2n) is 3.81. The minimum atomic E-state index is -3.68. The third-order valence-electron chi connectivity index (χ3n) is 2.01. The van der Waals surface area contributed by atoms with E-state index < -0.39 is 10.2 Å². The summed E-state index contributed by atoms with van der Waals surface area (Å²) in [5, 5.41) is 0. The molecule has 0 amide bonds. The first kappa shape index (κ1) is 16.6. The van der Waals surface area contributed by atoms with Gasteiger partial charge in [-0.2, -0.15) is 13.1 Å². The van der Waals surface area contributed by atoms with Gasteiger partial charge in [-0.05, 0) is 25.8 Å². The molecular formula is C12H21N3O2S. The van der Waals surface area contributed by atoms with Crippen molar-refractivity contribution in [3.63, 3.8) is 0 Å². The van der Waals surface area contributed by atoms with Crippen molar-refractivity contribution < 1.29 is 8.42 Å². The van der Waals surface area contributed by atoms with Crippen LogP contribution in [0.5, 0.6) is 0 Å². The highest BCUT2D eigenvalue weighted by Gasteiger charge is 2.04. The van der Waals surface area contributed by atoms with Gasteiger partial charge in [0.2, 0.25) is 0 Å². The maximum absolute atomic E-state index is 11.3. The molecule has 3 N–H and O–H groups in total. The lowest BCUT2D eigenvalue weighted by Gasteiger charge is -2.00. The Morgan fingerprint density at radius 3 is 2.50 bits per heavy atom. The summed E-state index contributed by atoms with van der Waals surface area (Å²) in [6, 6.07) is 0. The van der Waals surface area contributed by atoms with Crippen LogP contribution in [0.4, 0.5) is 0 Å². The van der Waals surface area contributed by atoms with Gasteiger partial charge in [0.05, 0.1) is 0 Å². The Kier molecular flexibility index (Phi) is 7.23. The highest BCUT2D eigenvalue weighted by Crippen LogP contribution is 2.10. The van der Waals surface area contributed by atoms with Crippen molar-refractivity contribution in [3.05, 3.63) is 36.0 Å². The van der Waals surface area contributed by atoms with E-state index in [1.807, 2.05) is 19.9 Å². The molecule has 0 spiro atoms. The van der Waals surface area contributed by atoms with Crippen molar-refractivity contribution in [1.29, 1.82) is 0 Å². The molecule has 0 aromatic carbocycles. The molecule has 0 saturated carbocycles. The average molecular weight is 271 g/mol. The molecule has 0 saturated heterocycles. The summed E-state index contributed by atoms with van der Waals surface area (Å²) in [5.74, 6) is 0.00178. The number of nitrogens with zero attached hydrogens (tertiary/aromatic N) is 1. The van der Waals surface area contributed by atoms with E-state index in [0.717, 1.165) is 17.6 Å². The number of allylic oxidation sites excluding steroid dienone is 4. The zero-order valence-corrected chi connectivity index (χ0v) is 11.9. The van der Waals surface area contributed by atoms with Crippen LogP contribution in [-0.4, -0.2) is 20.8 Å². The van der Waals surface area contributed by atoms with Gasteiger partial charge in [0.15, 0.2) is 0 Å². The van der Waals surface area contributed by atoms with E-state index in [-0.39, 0.29) is 12.4 Å². The topological polar surface area (TPSA) is 84.5 Å². The van der Waals surface area contributed by atoms with Crippen molar-refractivity contribution in [2.45, 2.75) is 27.2 Å². The van der Waals surface area contributed by atoms with E-state index in [2.05, 4.69) is 15.7 Å². The molecule has 0 unspecified atom stereocenters. The molecule has 0 aromatic heterocycles. The summed E-state index contributed by atoms with van der Waals surface area (Å²) in [7, 11) is -3.68. The van der Waals surface area contributed by atoms with Crippen LogP contribution in [0, 0.1) is 0 Å². The van der Waals surface area contributed by atoms with E-state index in [4.69, 9.17) is 5.73 Å². The van der Waals surface area contributed by atoms with E-state index in [1.54, 1.807) is 12.2 Å². The van der Waals surface area contributed by atoms with Crippen molar-refractivity contribution in [2.24, 2.45) is 10.1 Å². The van der Waals surface area contributed by atoms with Gasteiger partial charge in [-0.25, -0.2) is 0 Å². The summed E-state index contributed by atoms with van der Waals surface area (Å²) >= 11 is 0. The Hall–Kier alpha value is -1.40. The second-order valence-corrected chi connectivity index (χ2v) is 5.23. The fourth-order valence-electron chi connectivity index (χ4n) is 1.19. The number of hydrogen-bond acceptors (Lipinski definition) is 2. The molecule has 0 aliphatic rings. The van der Waals surface area contributed by atoms with Gasteiger partial charge < -0.3 is 5.73 Å². The van der Waals surface area contributed by atoms with Crippen LogP contribution >= 0.6 is 0 Å². The molecular weight excluding hydrogens is 250 g/mol. The Balaban J connectivity index is 4.37. The predicted molar refractivity (Wildman–Crippen MR) is 76.5 cm³/mol. The first-order valence-electron chi connectivity index (χ1n) is 5.61. The first-order valence-corrected chi connectivity index (χ1v) is 7.05. The Morgan fingerprint density at radius 1 is 1.44 bits per heavy atom. The summed E-state index contributed by atoms with van der Waals surface area (Å²) in [5.41, 5.74) is 7.33. The molecule has 0 bridgehead atoms. The number of nitrogens with two attached hydrogens (primary N) is 1. The lowest BCUT2D eigenvalue weighted by Crippen LogP contribution is -2.23. The Morgan fingerprint density at radius 2 is 2.06 bits per heavy atom. The minimum Gasteiger partial charge on any atom is -0.387 e. The summed E-state index contributed by atoms with van der Waals surface area (Å²) in [6.45, 7) is 9.41. The summed E-state index contributed by atoms with van der Waals surface area (Å²) in [6.07, 6.45) is 6.28. The number of hydrogen-bond donors (Lipinski definition) is 2. The average Bonchev–Trinajstić information content (AvgIpc) is 2.20.